The van der Waals surface area contributed by atoms with Crippen molar-refractivity contribution >= 4 is 5.65 Å². The zero-order valence-electron chi connectivity index (χ0n) is 13.9. The highest BCUT2D eigenvalue weighted by molar-refractivity contribution is 5.37. The predicted molar refractivity (Wildman–Crippen MR) is 92.8 cm³/mol. The Bertz CT molecular complexity index is 857. The minimum Gasteiger partial charge on any atom is -0.387 e. The van der Waals surface area contributed by atoms with Gasteiger partial charge in [-0.3, -0.25) is 4.40 Å². The lowest BCUT2D eigenvalue weighted by molar-refractivity contribution is 0.0963. The number of likely N-dealkylation sites (tertiary alicyclic amines) is 1. The van der Waals surface area contributed by atoms with Crippen molar-refractivity contribution in [2.24, 2.45) is 0 Å². The Balaban J connectivity index is 1.38. The molecule has 0 spiro atoms. The third-order valence-corrected chi connectivity index (χ3v) is 4.96. The molecule has 1 aromatic carbocycles. The second kappa shape index (κ2) is 6.90. The first-order valence-corrected chi connectivity index (χ1v) is 8.66. The Morgan fingerprint density at radius 1 is 1.12 bits per heavy atom. The molecule has 1 N–H and O–H groups in total. The Kier molecular flexibility index (Phi) is 4.46. The molecule has 1 fully saturated rings. The van der Waals surface area contributed by atoms with E-state index >= 15 is 0 Å². The third kappa shape index (κ3) is 3.41. The van der Waals surface area contributed by atoms with E-state index in [0.29, 0.717) is 18.0 Å². The number of aliphatic hydroxyl groups is 1. The van der Waals surface area contributed by atoms with Crippen LogP contribution in [0.2, 0.25) is 0 Å². The molecule has 4 rings (SSSR count). The van der Waals surface area contributed by atoms with E-state index in [-0.39, 0.29) is 5.82 Å². The highest BCUT2D eigenvalue weighted by Gasteiger charge is 2.25. The van der Waals surface area contributed by atoms with Crippen molar-refractivity contribution in [3.63, 3.8) is 0 Å². The number of fused-ring (bicyclic) bond motifs is 1. The first-order chi connectivity index (χ1) is 12.2. The van der Waals surface area contributed by atoms with E-state index in [1.807, 2.05) is 24.4 Å². The second-order valence-corrected chi connectivity index (χ2v) is 6.63. The van der Waals surface area contributed by atoms with Gasteiger partial charge in [-0.05, 0) is 55.8 Å². The van der Waals surface area contributed by atoms with Crippen LogP contribution in [-0.4, -0.2) is 44.2 Å². The van der Waals surface area contributed by atoms with Gasteiger partial charge < -0.3 is 10.0 Å². The zero-order valence-corrected chi connectivity index (χ0v) is 13.9. The number of hydrogen-bond acceptors (Lipinski definition) is 4. The topological polar surface area (TPSA) is 53.7 Å². The smallest absolute Gasteiger partial charge is 0.160 e. The van der Waals surface area contributed by atoms with E-state index in [1.54, 1.807) is 12.1 Å². The largest absolute Gasteiger partial charge is 0.387 e. The van der Waals surface area contributed by atoms with E-state index in [4.69, 9.17) is 0 Å². The fourth-order valence-electron chi connectivity index (χ4n) is 3.58. The highest BCUT2D eigenvalue weighted by Crippen LogP contribution is 2.28. The number of halogens is 1. The first kappa shape index (κ1) is 16.2. The number of piperidine rings is 1. The molecule has 1 saturated heterocycles. The van der Waals surface area contributed by atoms with Crippen LogP contribution in [0.25, 0.3) is 5.65 Å². The average Bonchev–Trinajstić information content (AvgIpc) is 3.06. The third-order valence-electron chi connectivity index (χ3n) is 4.96. The number of benzene rings is 1. The van der Waals surface area contributed by atoms with Gasteiger partial charge in [0.2, 0.25) is 0 Å². The van der Waals surface area contributed by atoms with Crippen molar-refractivity contribution in [3.05, 3.63) is 65.9 Å². The molecule has 3 aromatic rings. The Labute approximate surface area is 145 Å². The molecule has 1 atom stereocenters. The molecule has 0 radical (unpaired) electrons. The monoisotopic (exact) mass is 340 g/mol. The van der Waals surface area contributed by atoms with Crippen LogP contribution in [0.5, 0.6) is 0 Å². The number of aromatic nitrogens is 3. The lowest BCUT2D eigenvalue weighted by Gasteiger charge is -2.32. The number of rotatable bonds is 4. The SMILES string of the molecule is OC(CN1CCC(c2nnc3ccccn23)CC1)c1cccc(F)c1. The number of hydrogen-bond donors (Lipinski definition) is 1. The molecule has 130 valence electrons. The second-order valence-electron chi connectivity index (χ2n) is 6.63. The molecule has 2 aromatic heterocycles. The summed E-state index contributed by atoms with van der Waals surface area (Å²) in [6, 6.07) is 12.1. The minimum absolute atomic E-state index is 0.311. The number of aliphatic hydroxyl groups excluding tert-OH is 1. The minimum atomic E-state index is -0.666. The number of nitrogens with zero attached hydrogens (tertiary/aromatic N) is 4. The van der Waals surface area contributed by atoms with Gasteiger partial charge in [0.1, 0.15) is 11.6 Å². The molecule has 0 saturated carbocycles. The van der Waals surface area contributed by atoms with E-state index in [9.17, 15) is 9.50 Å². The molecular weight excluding hydrogens is 319 g/mol. The molecule has 1 unspecified atom stereocenters. The summed E-state index contributed by atoms with van der Waals surface area (Å²) in [7, 11) is 0. The Hall–Kier alpha value is -2.31. The lowest BCUT2D eigenvalue weighted by atomic mass is 9.95. The summed E-state index contributed by atoms with van der Waals surface area (Å²) in [6.45, 7) is 2.30. The van der Waals surface area contributed by atoms with E-state index in [0.717, 1.165) is 37.4 Å². The van der Waals surface area contributed by atoms with Gasteiger partial charge in [0.15, 0.2) is 5.65 Å². The molecule has 0 bridgehead atoms. The van der Waals surface area contributed by atoms with Crippen molar-refractivity contribution in [1.29, 1.82) is 0 Å². The van der Waals surface area contributed by atoms with Crippen LogP contribution in [0, 0.1) is 5.82 Å². The van der Waals surface area contributed by atoms with Crippen molar-refractivity contribution in [2.75, 3.05) is 19.6 Å². The van der Waals surface area contributed by atoms with Crippen LogP contribution in [0.1, 0.15) is 36.3 Å². The van der Waals surface area contributed by atoms with Crippen LogP contribution in [-0.2, 0) is 0 Å². The molecule has 3 heterocycles. The van der Waals surface area contributed by atoms with Crippen molar-refractivity contribution in [1.82, 2.24) is 19.5 Å². The zero-order chi connectivity index (χ0) is 17.2. The Morgan fingerprint density at radius 2 is 1.96 bits per heavy atom. The molecule has 5 nitrogen and oxygen atoms in total. The van der Waals surface area contributed by atoms with Gasteiger partial charge in [0, 0.05) is 18.7 Å². The van der Waals surface area contributed by atoms with E-state index in [1.165, 1.54) is 12.1 Å². The van der Waals surface area contributed by atoms with Gasteiger partial charge in [-0.15, -0.1) is 10.2 Å². The summed E-state index contributed by atoms with van der Waals surface area (Å²) >= 11 is 0. The fourth-order valence-corrected chi connectivity index (χ4v) is 3.58. The van der Waals surface area contributed by atoms with E-state index in [2.05, 4.69) is 19.5 Å². The Morgan fingerprint density at radius 3 is 2.76 bits per heavy atom. The molecule has 0 amide bonds. The van der Waals surface area contributed by atoms with Crippen molar-refractivity contribution in [3.8, 4) is 0 Å². The van der Waals surface area contributed by atoms with Gasteiger partial charge in [0.25, 0.3) is 0 Å². The maximum Gasteiger partial charge on any atom is 0.160 e. The van der Waals surface area contributed by atoms with Crippen LogP contribution < -0.4 is 0 Å². The molecule has 25 heavy (non-hydrogen) atoms. The molecule has 1 aliphatic heterocycles. The van der Waals surface area contributed by atoms with Crippen LogP contribution >= 0.6 is 0 Å². The summed E-state index contributed by atoms with van der Waals surface area (Å²) in [5, 5.41) is 19.0. The summed E-state index contributed by atoms with van der Waals surface area (Å²) in [4.78, 5) is 2.23. The van der Waals surface area contributed by atoms with Crippen molar-refractivity contribution < 1.29 is 9.50 Å². The maximum atomic E-state index is 13.3. The number of pyridine rings is 1. The predicted octanol–water partition coefficient (Wildman–Crippen LogP) is 2.78. The van der Waals surface area contributed by atoms with Gasteiger partial charge in [-0.25, -0.2) is 4.39 Å². The van der Waals surface area contributed by atoms with Gasteiger partial charge in [-0.1, -0.05) is 18.2 Å². The van der Waals surface area contributed by atoms with Crippen LogP contribution in [0.15, 0.2) is 48.7 Å². The average molecular weight is 340 g/mol. The highest BCUT2D eigenvalue weighted by atomic mass is 19.1. The number of β-amino-alcohol motifs (C(OH)–C–C–N with tert-alkyl or cyclic N) is 1. The first-order valence-electron chi connectivity index (χ1n) is 8.66. The van der Waals surface area contributed by atoms with Crippen molar-refractivity contribution in [2.45, 2.75) is 24.9 Å². The normalized spacial score (nSPS) is 17.8. The summed E-state index contributed by atoms with van der Waals surface area (Å²) < 4.78 is 15.4. The molecule has 6 heteroatoms. The summed E-state index contributed by atoms with van der Waals surface area (Å²) in [6.07, 6.45) is 3.29. The maximum absolute atomic E-state index is 13.3. The molecular formula is C19H21FN4O. The fraction of sp³-hybridized carbons (Fsp3) is 0.368. The lowest BCUT2D eigenvalue weighted by Crippen LogP contribution is -2.36. The summed E-state index contributed by atoms with van der Waals surface area (Å²) in [5.74, 6) is 1.08. The van der Waals surface area contributed by atoms with Gasteiger partial charge >= 0.3 is 0 Å². The molecule has 1 aliphatic rings. The van der Waals surface area contributed by atoms with Crippen LogP contribution in [0.4, 0.5) is 4.39 Å². The quantitative estimate of drug-likeness (QED) is 0.793. The van der Waals surface area contributed by atoms with Crippen LogP contribution in [0.3, 0.4) is 0 Å². The van der Waals surface area contributed by atoms with E-state index < -0.39 is 6.10 Å². The summed E-state index contributed by atoms with van der Waals surface area (Å²) in [5.41, 5.74) is 1.51. The van der Waals surface area contributed by atoms with Gasteiger partial charge in [-0.2, -0.15) is 0 Å². The molecule has 0 aliphatic carbocycles. The van der Waals surface area contributed by atoms with Gasteiger partial charge in [0.05, 0.1) is 6.10 Å². The standard InChI is InChI=1S/C19H21FN4O/c20-16-5-3-4-15(12-16)17(25)13-23-10-7-14(8-11-23)19-22-21-18-6-1-2-9-24(18)19/h1-6,9,12,14,17,25H,7-8,10-11,13H2.